The second-order valence-electron chi connectivity index (χ2n) is 8.30. The fourth-order valence-electron chi connectivity index (χ4n) is 4.61. The number of amides is 3. The molecule has 0 aromatic heterocycles. The van der Waals surface area contributed by atoms with Crippen molar-refractivity contribution in [2.45, 2.75) is 43.9 Å². The number of fused-ring (bicyclic) bond motifs is 2. The summed E-state index contributed by atoms with van der Waals surface area (Å²) >= 11 is 1.56. The average molecular weight is 453 g/mol. The zero-order valence-electron chi connectivity index (χ0n) is 17.8. The first-order chi connectivity index (χ1) is 15.5. The number of hydrogen-bond acceptors (Lipinski definition) is 6. The van der Waals surface area contributed by atoms with Crippen molar-refractivity contribution >= 4 is 35.2 Å². The van der Waals surface area contributed by atoms with Crippen molar-refractivity contribution < 1.29 is 23.9 Å². The molecule has 0 bridgehead atoms. The van der Waals surface area contributed by atoms with Crippen LogP contribution in [0.25, 0.3) is 0 Å². The average Bonchev–Trinajstić information content (AvgIpc) is 3.46. The van der Waals surface area contributed by atoms with Crippen molar-refractivity contribution in [1.29, 1.82) is 0 Å². The van der Waals surface area contributed by atoms with E-state index in [0.29, 0.717) is 40.5 Å². The normalized spacial score (nSPS) is 18.8. The van der Waals surface area contributed by atoms with E-state index >= 15 is 0 Å². The first-order valence-electron chi connectivity index (χ1n) is 10.8. The molecule has 3 aliphatic rings. The topological polar surface area (TPSA) is 84.9 Å². The van der Waals surface area contributed by atoms with Crippen LogP contribution in [0, 0.1) is 0 Å². The molecule has 1 fully saturated rings. The Hall–Kier alpha value is -3.00. The second kappa shape index (κ2) is 8.16. The highest BCUT2D eigenvalue weighted by Crippen LogP contribution is 2.47. The molecule has 2 aliphatic heterocycles. The monoisotopic (exact) mass is 452 g/mol. The lowest BCUT2D eigenvalue weighted by molar-refractivity contribution is -0.120. The van der Waals surface area contributed by atoms with Gasteiger partial charge in [-0.1, -0.05) is 12.1 Å². The van der Waals surface area contributed by atoms with E-state index in [2.05, 4.69) is 5.32 Å². The van der Waals surface area contributed by atoms with Gasteiger partial charge in [-0.25, -0.2) is 0 Å². The van der Waals surface area contributed by atoms with E-state index in [1.54, 1.807) is 54.2 Å². The van der Waals surface area contributed by atoms with Crippen LogP contribution in [0.15, 0.2) is 42.5 Å². The molecule has 1 saturated carbocycles. The molecule has 2 heterocycles. The Morgan fingerprint density at radius 1 is 1.06 bits per heavy atom. The predicted octanol–water partition coefficient (Wildman–Crippen LogP) is 4.08. The third-order valence-corrected chi connectivity index (χ3v) is 6.85. The van der Waals surface area contributed by atoms with E-state index in [1.807, 2.05) is 6.26 Å². The van der Waals surface area contributed by atoms with Crippen molar-refractivity contribution in [3.05, 3.63) is 53.6 Å². The Labute approximate surface area is 190 Å². The molecule has 1 N–H and O–H groups in total. The zero-order chi connectivity index (χ0) is 22.3. The van der Waals surface area contributed by atoms with Crippen LogP contribution in [0.2, 0.25) is 0 Å². The molecule has 5 rings (SSSR count). The minimum atomic E-state index is -0.901. The molecular formula is C24H24N2O5S. The van der Waals surface area contributed by atoms with Gasteiger partial charge in [0.15, 0.2) is 11.5 Å². The Kier molecular flexibility index (Phi) is 5.33. The van der Waals surface area contributed by atoms with Crippen LogP contribution in [0.5, 0.6) is 11.5 Å². The first kappa shape index (κ1) is 20.9. The number of carbonyl (C=O) groups is 3. The number of ether oxygens (including phenoxy) is 2. The van der Waals surface area contributed by atoms with Crippen molar-refractivity contribution in [2.75, 3.05) is 17.3 Å². The third-order valence-electron chi connectivity index (χ3n) is 6.20. The van der Waals surface area contributed by atoms with Gasteiger partial charge in [0.1, 0.15) is 6.04 Å². The molecule has 1 aliphatic carbocycles. The van der Waals surface area contributed by atoms with Crippen LogP contribution in [0.3, 0.4) is 0 Å². The van der Waals surface area contributed by atoms with Crippen LogP contribution >= 0.6 is 11.8 Å². The molecule has 0 saturated heterocycles. The van der Waals surface area contributed by atoms with Crippen molar-refractivity contribution in [3.63, 3.8) is 0 Å². The van der Waals surface area contributed by atoms with E-state index in [4.69, 9.17) is 9.47 Å². The molecule has 3 amide bonds. The number of hydrogen-bond donors (Lipinski definition) is 1. The maximum Gasteiger partial charge on any atom is 0.262 e. The second-order valence-corrected chi connectivity index (χ2v) is 9.28. The molecule has 7 nitrogen and oxygen atoms in total. The number of imide groups is 1. The summed E-state index contributed by atoms with van der Waals surface area (Å²) < 4.78 is 12.1. The highest BCUT2D eigenvalue weighted by molar-refractivity contribution is 7.98. The molecule has 8 heteroatoms. The van der Waals surface area contributed by atoms with Crippen LogP contribution in [0.1, 0.15) is 52.8 Å². The summed E-state index contributed by atoms with van der Waals surface area (Å²) in [6.07, 6.45) is 6.11. The van der Waals surface area contributed by atoms with Gasteiger partial charge in [-0.15, -0.1) is 0 Å². The molecule has 1 atom stereocenters. The van der Waals surface area contributed by atoms with Gasteiger partial charge in [0, 0.05) is 24.6 Å². The standard InChI is InChI=1S/C24H24N2O5S/c1-32-13-10-18(26-22(28)16-6-2-3-7-17(16)23(26)29)21(27)25-15-8-9-19-20(14-15)31-24(30-19)11-4-5-12-24/h2-3,6-9,14,18H,4-5,10-13H2,1H3,(H,25,27)/t18-/m1/s1. The van der Waals surface area contributed by atoms with E-state index in [-0.39, 0.29) is 0 Å². The minimum absolute atomic E-state index is 0.337. The summed E-state index contributed by atoms with van der Waals surface area (Å²) in [5.74, 6) is 0.0703. The fraction of sp³-hybridized carbons (Fsp3) is 0.375. The predicted molar refractivity (Wildman–Crippen MR) is 121 cm³/mol. The van der Waals surface area contributed by atoms with Gasteiger partial charge >= 0.3 is 0 Å². The van der Waals surface area contributed by atoms with E-state index in [9.17, 15) is 14.4 Å². The van der Waals surface area contributed by atoms with Crippen LogP contribution in [0.4, 0.5) is 5.69 Å². The summed E-state index contributed by atoms with van der Waals surface area (Å²) in [4.78, 5) is 40.2. The molecule has 0 radical (unpaired) electrons. The maximum absolute atomic E-state index is 13.3. The molecule has 2 aromatic carbocycles. The number of carbonyl (C=O) groups excluding carboxylic acids is 3. The maximum atomic E-state index is 13.3. The summed E-state index contributed by atoms with van der Waals surface area (Å²) in [6, 6.07) is 11.1. The van der Waals surface area contributed by atoms with Gasteiger partial charge in [0.2, 0.25) is 5.91 Å². The molecule has 166 valence electrons. The Morgan fingerprint density at radius 3 is 2.38 bits per heavy atom. The third kappa shape index (κ3) is 3.52. The highest BCUT2D eigenvalue weighted by Gasteiger charge is 2.45. The smallest absolute Gasteiger partial charge is 0.262 e. The minimum Gasteiger partial charge on any atom is -0.448 e. The van der Waals surface area contributed by atoms with Gasteiger partial charge in [0.05, 0.1) is 11.1 Å². The molecule has 2 aromatic rings. The Bertz CT molecular complexity index is 1060. The summed E-state index contributed by atoms with van der Waals surface area (Å²) in [6.45, 7) is 0. The van der Waals surface area contributed by atoms with Gasteiger partial charge in [-0.2, -0.15) is 11.8 Å². The number of nitrogens with zero attached hydrogens (tertiary/aromatic N) is 1. The van der Waals surface area contributed by atoms with Gasteiger partial charge in [-0.05, 0) is 55.5 Å². The van der Waals surface area contributed by atoms with E-state index in [0.717, 1.165) is 30.6 Å². The molecule has 0 unspecified atom stereocenters. The quantitative estimate of drug-likeness (QED) is 0.665. The number of thioether (sulfide) groups is 1. The largest absolute Gasteiger partial charge is 0.448 e. The lowest BCUT2D eigenvalue weighted by Gasteiger charge is -2.25. The lowest BCUT2D eigenvalue weighted by Crippen LogP contribution is -2.47. The molecule has 32 heavy (non-hydrogen) atoms. The SMILES string of the molecule is CSCC[C@H](C(=O)Nc1ccc2c(c1)OC1(CCCC1)O2)N1C(=O)c2ccccc2C1=O. The van der Waals surface area contributed by atoms with Crippen molar-refractivity contribution in [2.24, 2.45) is 0 Å². The summed E-state index contributed by atoms with van der Waals surface area (Å²) in [5, 5.41) is 2.87. The van der Waals surface area contributed by atoms with Crippen molar-refractivity contribution in [1.82, 2.24) is 4.90 Å². The number of benzene rings is 2. The van der Waals surface area contributed by atoms with Gasteiger partial charge < -0.3 is 14.8 Å². The van der Waals surface area contributed by atoms with Crippen LogP contribution in [-0.2, 0) is 4.79 Å². The highest BCUT2D eigenvalue weighted by atomic mass is 32.2. The van der Waals surface area contributed by atoms with Crippen molar-refractivity contribution in [3.8, 4) is 11.5 Å². The molecular weight excluding hydrogens is 428 g/mol. The van der Waals surface area contributed by atoms with E-state index < -0.39 is 29.6 Å². The number of anilines is 1. The first-order valence-corrected chi connectivity index (χ1v) is 12.2. The van der Waals surface area contributed by atoms with Crippen LogP contribution < -0.4 is 14.8 Å². The van der Waals surface area contributed by atoms with E-state index in [1.165, 1.54) is 0 Å². The molecule has 1 spiro atoms. The Morgan fingerprint density at radius 2 is 1.72 bits per heavy atom. The van der Waals surface area contributed by atoms with Crippen LogP contribution in [-0.4, -0.2) is 46.5 Å². The van der Waals surface area contributed by atoms with Gasteiger partial charge in [-0.3, -0.25) is 19.3 Å². The zero-order valence-corrected chi connectivity index (χ0v) is 18.6. The summed E-state index contributed by atoms with van der Waals surface area (Å²) in [7, 11) is 0. The van der Waals surface area contributed by atoms with Gasteiger partial charge in [0.25, 0.3) is 17.6 Å². The number of rotatable bonds is 6. The fourth-order valence-corrected chi connectivity index (χ4v) is 5.07. The number of nitrogens with one attached hydrogen (secondary N) is 1. The lowest BCUT2D eigenvalue weighted by atomic mass is 10.1. The summed E-state index contributed by atoms with van der Waals surface area (Å²) in [5.41, 5.74) is 1.21. The Balaban J connectivity index is 1.36.